The van der Waals surface area contributed by atoms with Crippen LogP contribution in [0.1, 0.15) is 5.56 Å². The Labute approximate surface area is 120 Å². The van der Waals surface area contributed by atoms with Crippen LogP contribution < -0.4 is 5.32 Å². The highest BCUT2D eigenvalue weighted by Crippen LogP contribution is 2.40. The fraction of sp³-hybridized carbons (Fsp3) is 0.333. The number of ether oxygens (including phenoxy) is 1. The van der Waals surface area contributed by atoms with Gasteiger partial charge in [-0.05, 0) is 24.6 Å². The first-order valence-corrected chi connectivity index (χ1v) is 6.61. The van der Waals surface area contributed by atoms with E-state index in [4.69, 9.17) is 4.74 Å². The first kappa shape index (κ1) is 13.8. The van der Waals surface area contributed by atoms with Crippen LogP contribution in [0.25, 0.3) is 0 Å². The molecule has 3 rings (SSSR count). The van der Waals surface area contributed by atoms with Crippen molar-refractivity contribution < 1.29 is 23.8 Å². The smallest absolute Gasteiger partial charge is 0.310 e. The van der Waals surface area contributed by atoms with E-state index < -0.39 is 41.7 Å². The number of rotatable bonds is 3. The zero-order chi connectivity index (χ0) is 15.1. The molecule has 110 valence electrons. The molecule has 2 aliphatic rings. The number of carboxylic acid groups (broad SMARTS) is 1. The number of halogens is 1. The molecular formula is C15H14FNO4. The maximum Gasteiger partial charge on any atom is 0.310 e. The lowest BCUT2D eigenvalue weighted by molar-refractivity contribution is -0.145. The second-order valence-electron chi connectivity index (χ2n) is 5.31. The summed E-state index contributed by atoms with van der Waals surface area (Å²) in [6.45, 7) is 1.78. The highest BCUT2D eigenvalue weighted by atomic mass is 19.1. The van der Waals surface area contributed by atoms with Gasteiger partial charge in [0.1, 0.15) is 11.7 Å². The largest absolute Gasteiger partial charge is 0.481 e. The number of benzene rings is 1. The van der Waals surface area contributed by atoms with Gasteiger partial charge < -0.3 is 15.2 Å². The van der Waals surface area contributed by atoms with Crippen molar-refractivity contribution in [3.63, 3.8) is 0 Å². The fourth-order valence-electron chi connectivity index (χ4n) is 2.87. The van der Waals surface area contributed by atoms with Gasteiger partial charge in [-0.2, -0.15) is 0 Å². The molecule has 0 saturated carbocycles. The average Bonchev–Trinajstić information content (AvgIpc) is 3.03. The topological polar surface area (TPSA) is 75.6 Å². The minimum Gasteiger partial charge on any atom is -0.481 e. The van der Waals surface area contributed by atoms with E-state index in [2.05, 4.69) is 5.32 Å². The van der Waals surface area contributed by atoms with Gasteiger partial charge in [0.25, 0.3) is 0 Å². The van der Waals surface area contributed by atoms with Crippen LogP contribution in [-0.2, 0) is 14.3 Å². The summed E-state index contributed by atoms with van der Waals surface area (Å²) < 4.78 is 19.1. The zero-order valence-electron chi connectivity index (χ0n) is 11.2. The summed E-state index contributed by atoms with van der Waals surface area (Å²) in [6.07, 6.45) is 2.18. The normalized spacial score (nSPS) is 29.6. The van der Waals surface area contributed by atoms with Gasteiger partial charge in [0.05, 0.1) is 23.8 Å². The number of fused-ring (bicyclic) bond motifs is 2. The molecule has 6 heteroatoms. The van der Waals surface area contributed by atoms with Gasteiger partial charge in [-0.25, -0.2) is 4.39 Å². The fourth-order valence-corrected chi connectivity index (χ4v) is 2.87. The number of carboxylic acids is 1. The Bertz CT molecular complexity index is 643. The van der Waals surface area contributed by atoms with Crippen molar-refractivity contribution in [2.75, 3.05) is 5.32 Å². The van der Waals surface area contributed by atoms with Crippen LogP contribution in [0.3, 0.4) is 0 Å². The van der Waals surface area contributed by atoms with Gasteiger partial charge in [0, 0.05) is 0 Å². The Hall–Kier alpha value is -2.21. The molecule has 0 unspecified atom stereocenters. The van der Waals surface area contributed by atoms with Crippen LogP contribution in [0.15, 0.2) is 30.4 Å². The number of aliphatic carboxylic acids is 1. The Morgan fingerprint density at radius 2 is 1.90 bits per heavy atom. The molecule has 0 radical (unpaired) electrons. The summed E-state index contributed by atoms with van der Waals surface area (Å²) in [5.74, 6) is -3.97. The molecule has 4 atom stereocenters. The van der Waals surface area contributed by atoms with E-state index >= 15 is 0 Å². The molecule has 21 heavy (non-hydrogen) atoms. The molecule has 2 bridgehead atoms. The van der Waals surface area contributed by atoms with Crippen LogP contribution >= 0.6 is 0 Å². The molecule has 0 aliphatic carbocycles. The SMILES string of the molecule is Cc1ccc(F)c(NC(=O)[C@H]2[C@@H](C(=O)O)[C@@H]3C=C[C@@H]2O3)c1. The molecule has 2 heterocycles. The molecule has 1 aromatic rings. The van der Waals surface area contributed by atoms with E-state index in [1.165, 1.54) is 12.1 Å². The second kappa shape index (κ2) is 4.96. The Balaban J connectivity index is 1.83. The van der Waals surface area contributed by atoms with Crippen molar-refractivity contribution in [3.8, 4) is 0 Å². The lowest BCUT2D eigenvalue weighted by atomic mass is 9.82. The third-order valence-corrected chi connectivity index (χ3v) is 3.87. The maximum atomic E-state index is 13.7. The Morgan fingerprint density at radius 1 is 1.24 bits per heavy atom. The summed E-state index contributed by atoms with van der Waals surface area (Å²) in [4.78, 5) is 23.6. The molecule has 1 amide bonds. The van der Waals surface area contributed by atoms with Gasteiger partial charge >= 0.3 is 5.97 Å². The number of hydrogen-bond acceptors (Lipinski definition) is 3. The summed E-state index contributed by atoms with van der Waals surface area (Å²) in [5, 5.41) is 11.7. The highest BCUT2D eigenvalue weighted by Gasteiger charge is 2.53. The van der Waals surface area contributed by atoms with Gasteiger partial charge in [-0.1, -0.05) is 18.2 Å². The quantitative estimate of drug-likeness (QED) is 0.832. The monoisotopic (exact) mass is 291 g/mol. The minimum atomic E-state index is -1.09. The predicted molar refractivity (Wildman–Crippen MR) is 72.2 cm³/mol. The highest BCUT2D eigenvalue weighted by molar-refractivity contribution is 5.96. The number of carbonyl (C=O) groups is 2. The van der Waals surface area contributed by atoms with Crippen LogP contribution in [-0.4, -0.2) is 29.2 Å². The summed E-state index contributed by atoms with van der Waals surface area (Å²) in [6, 6.07) is 4.36. The maximum absolute atomic E-state index is 13.7. The van der Waals surface area contributed by atoms with Crippen molar-refractivity contribution in [2.45, 2.75) is 19.1 Å². The van der Waals surface area contributed by atoms with E-state index in [1.807, 2.05) is 0 Å². The number of anilines is 1. The molecule has 0 spiro atoms. The van der Waals surface area contributed by atoms with Crippen molar-refractivity contribution in [2.24, 2.45) is 11.8 Å². The zero-order valence-corrected chi connectivity index (χ0v) is 11.2. The minimum absolute atomic E-state index is 0.0518. The van der Waals surface area contributed by atoms with Gasteiger partial charge in [-0.15, -0.1) is 0 Å². The van der Waals surface area contributed by atoms with E-state index in [1.54, 1.807) is 25.1 Å². The number of carbonyl (C=O) groups excluding carboxylic acids is 1. The van der Waals surface area contributed by atoms with Gasteiger partial charge in [0.2, 0.25) is 5.91 Å². The number of amides is 1. The third kappa shape index (κ3) is 2.31. The molecule has 1 saturated heterocycles. The van der Waals surface area contributed by atoms with Crippen LogP contribution in [0.4, 0.5) is 10.1 Å². The van der Waals surface area contributed by atoms with Crippen LogP contribution in [0, 0.1) is 24.6 Å². The second-order valence-corrected chi connectivity index (χ2v) is 5.31. The number of nitrogens with one attached hydrogen (secondary N) is 1. The third-order valence-electron chi connectivity index (χ3n) is 3.87. The Morgan fingerprint density at radius 3 is 2.57 bits per heavy atom. The van der Waals surface area contributed by atoms with Crippen molar-refractivity contribution in [1.29, 1.82) is 0 Å². The summed E-state index contributed by atoms with van der Waals surface area (Å²) in [7, 11) is 0. The Kier molecular flexibility index (Phi) is 3.25. The predicted octanol–water partition coefficient (Wildman–Crippen LogP) is 1.73. The first-order chi connectivity index (χ1) is 9.97. The number of hydrogen-bond donors (Lipinski definition) is 2. The molecule has 5 nitrogen and oxygen atoms in total. The molecule has 1 fully saturated rings. The van der Waals surface area contributed by atoms with Crippen molar-refractivity contribution >= 4 is 17.6 Å². The van der Waals surface area contributed by atoms with Crippen LogP contribution in [0.2, 0.25) is 0 Å². The van der Waals surface area contributed by atoms with Crippen molar-refractivity contribution in [1.82, 2.24) is 0 Å². The number of aryl methyl sites for hydroxylation is 1. The average molecular weight is 291 g/mol. The molecule has 1 aromatic carbocycles. The van der Waals surface area contributed by atoms with Crippen LogP contribution in [0.5, 0.6) is 0 Å². The lowest BCUT2D eigenvalue weighted by Gasteiger charge is -2.21. The lowest BCUT2D eigenvalue weighted by Crippen LogP contribution is -2.39. The molecule has 2 aliphatic heterocycles. The summed E-state index contributed by atoms with van der Waals surface area (Å²) >= 11 is 0. The molecule has 2 N–H and O–H groups in total. The van der Waals surface area contributed by atoms with E-state index in [-0.39, 0.29) is 5.69 Å². The van der Waals surface area contributed by atoms with Crippen molar-refractivity contribution in [3.05, 3.63) is 41.7 Å². The van der Waals surface area contributed by atoms with Gasteiger partial charge in [-0.3, -0.25) is 9.59 Å². The molecular weight excluding hydrogens is 277 g/mol. The first-order valence-electron chi connectivity index (χ1n) is 6.61. The van der Waals surface area contributed by atoms with E-state index in [0.29, 0.717) is 0 Å². The molecule has 0 aromatic heterocycles. The van der Waals surface area contributed by atoms with E-state index in [0.717, 1.165) is 5.56 Å². The standard InChI is InChI=1S/C15H14FNO4/c1-7-2-3-8(16)9(6-7)17-14(18)12-10-4-5-11(21-10)13(12)15(19)20/h2-6,10-13H,1H3,(H,17,18)(H,19,20)/t10-,11-,12+,13-/m0/s1. The van der Waals surface area contributed by atoms with Gasteiger partial charge in [0.15, 0.2) is 0 Å². The summed E-state index contributed by atoms with van der Waals surface area (Å²) in [5.41, 5.74) is 0.849. The van der Waals surface area contributed by atoms with E-state index in [9.17, 15) is 19.1 Å².